The third-order valence-corrected chi connectivity index (χ3v) is 2.23. The molecule has 0 radical (unpaired) electrons. The SMILES string of the molecule is C#CCC(N)C(=O)NC(C)(CC)CO. The van der Waals surface area contributed by atoms with Gasteiger partial charge in [-0.15, -0.1) is 12.3 Å². The summed E-state index contributed by atoms with van der Waals surface area (Å²) in [6.07, 6.45) is 5.88. The van der Waals surface area contributed by atoms with E-state index >= 15 is 0 Å². The van der Waals surface area contributed by atoms with Crippen molar-refractivity contribution in [1.29, 1.82) is 0 Å². The van der Waals surface area contributed by atoms with Gasteiger partial charge in [-0.25, -0.2) is 0 Å². The zero-order valence-electron chi connectivity index (χ0n) is 8.71. The molecule has 0 aromatic rings. The third kappa shape index (κ3) is 3.77. The van der Waals surface area contributed by atoms with Gasteiger partial charge in [0.05, 0.1) is 18.2 Å². The van der Waals surface area contributed by atoms with E-state index in [2.05, 4.69) is 11.2 Å². The van der Waals surface area contributed by atoms with Gasteiger partial charge in [0.15, 0.2) is 0 Å². The van der Waals surface area contributed by atoms with E-state index in [1.54, 1.807) is 6.92 Å². The van der Waals surface area contributed by atoms with E-state index in [1.807, 2.05) is 6.92 Å². The number of carbonyl (C=O) groups excluding carboxylic acids is 1. The van der Waals surface area contributed by atoms with Crippen molar-refractivity contribution < 1.29 is 9.90 Å². The second-order valence-corrected chi connectivity index (χ2v) is 3.58. The van der Waals surface area contributed by atoms with Crippen molar-refractivity contribution in [3.8, 4) is 12.3 Å². The third-order valence-electron chi connectivity index (χ3n) is 2.23. The van der Waals surface area contributed by atoms with Gasteiger partial charge in [0.1, 0.15) is 0 Å². The van der Waals surface area contributed by atoms with Crippen LogP contribution in [0.3, 0.4) is 0 Å². The lowest BCUT2D eigenvalue weighted by Crippen LogP contribution is -2.53. The Morgan fingerprint density at radius 3 is 2.71 bits per heavy atom. The Hall–Kier alpha value is -1.05. The van der Waals surface area contributed by atoms with Crippen molar-refractivity contribution in [1.82, 2.24) is 5.32 Å². The average Bonchev–Trinajstić information content (AvgIpc) is 2.18. The highest BCUT2D eigenvalue weighted by Gasteiger charge is 2.25. The van der Waals surface area contributed by atoms with Crippen LogP contribution in [0.2, 0.25) is 0 Å². The number of amides is 1. The number of hydrogen-bond acceptors (Lipinski definition) is 3. The molecule has 0 aromatic heterocycles. The van der Waals surface area contributed by atoms with Crippen LogP contribution in [0.4, 0.5) is 0 Å². The largest absolute Gasteiger partial charge is 0.394 e. The van der Waals surface area contributed by atoms with E-state index in [-0.39, 0.29) is 18.9 Å². The first-order chi connectivity index (χ1) is 6.49. The van der Waals surface area contributed by atoms with Crippen LogP contribution < -0.4 is 11.1 Å². The number of nitrogens with two attached hydrogens (primary N) is 1. The number of rotatable bonds is 5. The molecule has 80 valence electrons. The topological polar surface area (TPSA) is 75.4 Å². The number of nitrogens with one attached hydrogen (secondary N) is 1. The number of aliphatic hydroxyl groups is 1. The molecule has 2 unspecified atom stereocenters. The maximum Gasteiger partial charge on any atom is 0.238 e. The van der Waals surface area contributed by atoms with Gasteiger partial charge >= 0.3 is 0 Å². The van der Waals surface area contributed by atoms with Crippen molar-refractivity contribution >= 4 is 5.91 Å². The van der Waals surface area contributed by atoms with Gasteiger partial charge in [0.25, 0.3) is 0 Å². The monoisotopic (exact) mass is 198 g/mol. The van der Waals surface area contributed by atoms with E-state index in [0.29, 0.717) is 6.42 Å². The highest BCUT2D eigenvalue weighted by molar-refractivity contribution is 5.82. The summed E-state index contributed by atoms with van der Waals surface area (Å²) >= 11 is 0. The second-order valence-electron chi connectivity index (χ2n) is 3.58. The van der Waals surface area contributed by atoms with Crippen molar-refractivity contribution in [3.63, 3.8) is 0 Å². The Bertz CT molecular complexity index is 229. The van der Waals surface area contributed by atoms with Crippen LogP contribution in [0.5, 0.6) is 0 Å². The summed E-state index contributed by atoms with van der Waals surface area (Å²) < 4.78 is 0. The minimum Gasteiger partial charge on any atom is -0.394 e. The molecule has 4 heteroatoms. The molecule has 0 heterocycles. The fourth-order valence-electron chi connectivity index (χ4n) is 0.850. The van der Waals surface area contributed by atoms with E-state index in [1.165, 1.54) is 0 Å². The molecule has 0 bridgehead atoms. The quantitative estimate of drug-likeness (QED) is 0.527. The summed E-state index contributed by atoms with van der Waals surface area (Å²) in [5, 5.41) is 11.7. The van der Waals surface area contributed by atoms with Crippen LogP contribution in [0.15, 0.2) is 0 Å². The molecule has 4 nitrogen and oxygen atoms in total. The Labute approximate surface area is 84.9 Å². The molecule has 0 fully saturated rings. The van der Waals surface area contributed by atoms with Gasteiger partial charge in [-0.2, -0.15) is 0 Å². The molecule has 0 aliphatic heterocycles. The van der Waals surface area contributed by atoms with Crippen LogP contribution in [-0.4, -0.2) is 29.2 Å². The predicted octanol–water partition coefficient (Wildman–Crippen LogP) is -0.386. The van der Waals surface area contributed by atoms with Gasteiger partial charge in [-0.1, -0.05) is 6.92 Å². The summed E-state index contributed by atoms with van der Waals surface area (Å²) in [7, 11) is 0. The zero-order valence-corrected chi connectivity index (χ0v) is 8.71. The standard InChI is InChI=1S/C10H18N2O2/c1-4-6-8(11)9(14)12-10(3,5-2)7-13/h1,8,13H,5-7,11H2,2-3H3,(H,12,14). The van der Waals surface area contributed by atoms with Crippen LogP contribution in [-0.2, 0) is 4.79 Å². The smallest absolute Gasteiger partial charge is 0.238 e. The normalized spacial score (nSPS) is 16.5. The fourth-order valence-corrected chi connectivity index (χ4v) is 0.850. The molecule has 2 atom stereocenters. The first-order valence-corrected chi connectivity index (χ1v) is 4.61. The molecule has 0 spiro atoms. The number of hydrogen-bond donors (Lipinski definition) is 3. The summed E-state index contributed by atoms with van der Waals surface area (Å²) in [6.45, 7) is 3.52. The number of aliphatic hydroxyl groups excluding tert-OH is 1. The van der Waals surface area contributed by atoms with Gasteiger partial charge in [0, 0.05) is 6.42 Å². The van der Waals surface area contributed by atoms with Crippen LogP contribution in [0.1, 0.15) is 26.7 Å². The lowest BCUT2D eigenvalue weighted by molar-refractivity contribution is -0.124. The minimum absolute atomic E-state index is 0.113. The molecular formula is C10H18N2O2. The molecule has 0 saturated heterocycles. The van der Waals surface area contributed by atoms with Crippen molar-refractivity contribution in [2.24, 2.45) is 5.73 Å². The van der Waals surface area contributed by atoms with Crippen molar-refractivity contribution in [2.75, 3.05) is 6.61 Å². The zero-order chi connectivity index (χ0) is 11.2. The van der Waals surface area contributed by atoms with Gasteiger partial charge in [-0.05, 0) is 13.3 Å². The maximum atomic E-state index is 11.4. The van der Waals surface area contributed by atoms with E-state index < -0.39 is 11.6 Å². The lowest BCUT2D eigenvalue weighted by Gasteiger charge is -2.28. The molecule has 0 saturated carbocycles. The van der Waals surface area contributed by atoms with E-state index in [4.69, 9.17) is 17.3 Å². The molecular weight excluding hydrogens is 180 g/mol. The highest BCUT2D eigenvalue weighted by Crippen LogP contribution is 2.07. The maximum absolute atomic E-state index is 11.4. The first kappa shape index (κ1) is 12.9. The summed E-state index contributed by atoms with van der Waals surface area (Å²) in [4.78, 5) is 11.4. The Balaban J connectivity index is 4.24. The van der Waals surface area contributed by atoms with Crippen LogP contribution >= 0.6 is 0 Å². The average molecular weight is 198 g/mol. The van der Waals surface area contributed by atoms with Gasteiger partial charge in [-0.3, -0.25) is 4.79 Å². The predicted molar refractivity (Wildman–Crippen MR) is 55.3 cm³/mol. The molecule has 0 rings (SSSR count). The molecule has 0 aliphatic carbocycles. The van der Waals surface area contributed by atoms with Crippen LogP contribution in [0.25, 0.3) is 0 Å². The summed E-state index contributed by atoms with van der Waals surface area (Å²) in [6, 6.07) is -0.697. The van der Waals surface area contributed by atoms with Gasteiger partial charge in [0.2, 0.25) is 5.91 Å². The van der Waals surface area contributed by atoms with Gasteiger partial charge < -0.3 is 16.2 Å². The molecule has 14 heavy (non-hydrogen) atoms. The highest BCUT2D eigenvalue weighted by atomic mass is 16.3. The Kier molecular flexibility index (Phi) is 5.21. The number of terminal acetylenes is 1. The van der Waals surface area contributed by atoms with Crippen LogP contribution in [0, 0.1) is 12.3 Å². The molecule has 4 N–H and O–H groups in total. The van der Waals surface area contributed by atoms with E-state index in [0.717, 1.165) is 0 Å². The Morgan fingerprint density at radius 2 is 2.36 bits per heavy atom. The second kappa shape index (κ2) is 5.63. The van der Waals surface area contributed by atoms with E-state index in [9.17, 15) is 4.79 Å². The van der Waals surface area contributed by atoms with Crippen molar-refractivity contribution in [3.05, 3.63) is 0 Å². The molecule has 1 amide bonds. The fraction of sp³-hybridized carbons (Fsp3) is 0.700. The minimum atomic E-state index is -0.697. The first-order valence-electron chi connectivity index (χ1n) is 4.61. The molecule has 0 aromatic carbocycles. The summed E-state index contributed by atoms with van der Waals surface area (Å²) in [5.41, 5.74) is 4.90. The summed E-state index contributed by atoms with van der Waals surface area (Å²) in [5.74, 6) is 2.00. The Morgan fingerprint density at radius 1 is 1.79 bits per heavy atom. The lowest BCUT2D eigenvalue weighted by atomic mass is 9.99. The number of carbonyl (C=O) groups is 1. The van der Waals surface area contributed by atoms with Crippen molar-refractivity contribution in [2.45, 2.75) is 38.3 Å². The molecule has 0 aliphatic rings.